The van der Waals surface area contributed by atoms with Gasteiger partial charge in [-0.3, -0.25) is 4.79 Å². The number of hydrogen-bond acceptors (Lipinski definition) is 4. The average molecular weight is 337 g/mol. The number of nitrogens with one attached hydrogen (secondary N) is 2. The molecule has 0 saturated carbocycles. The van der Waals surface area contributed by atoms with Crippen LogP contribution in [0.2, 0.25) is 0 Å². The van der Waals surface area contributed by atoms with Gasteiger partial charge in [0.2, 0.25) is 0 Å². The summed E-state index contributed by atoms with van der Waals surface area (Å²) in [6.45, 7) is 4.55. The number of carbonyl (C=O) groups is 1. The highest BCUT2D eigenvalue weighted by Crippen LogP contribution is 2.15. The highest BCUT2D eigenvalue weighted by molar-refractivity contribution is 5.97. The van der Waals surface area contributed by atoms with E-state index in [0.717, 1.165) is 22.7 Å². The number of carbonyl (C=O) groups excluding carboxylic acids is 1. The Labute approximate surface area is 148 Å². The molecule has 2 rings (SSSR count). The van der Waals surface area contributed by atoms with Gasteiger partial charge in [0.25, 0.3) is 5.91 Å². The van der Waals surface area contributed by atoms with Gasteiger partial charge in [-0.2, -0.15) is 5.10 Å². The lowest BCUT2D eigenvalue weighted by Crippen LogP contribution is -2.26. The molecule has 0 saturated heterocycles. The molecule has 2 aromatic carbocycles. The van der Waals surface area contributed by atoms with Gasteiger partial charge in [0.15, 0.2) is 0 Å². The van der Waals surface area contributed by atoms with Crippen LogP contribution in [0.4, 0.5) is 5.69 Å². The molecule has 0 aliphatic heterocycles. The molecule has 0 aliphatic rings. The maximum Gasteiger partial charge on any atom is 0.259 e. The van der Waals surface area contributed by atoms with Crippen LogP contribution in [0.15, 0.2) is 65.8 Å². The van der Waals surface area contributed by atoms with E-state index in [1.165, 1.54) is 0 Å². The highest BCUT2D eigenvalue weighted by atomic mass is 16.5. The second-order valence-electron chi connectivity index (χ2n) is 5.34. The molecule has 0 radical (unpaired) electrons. The first-order chi connectivity index (χ1) is 12.2. The van der Waals surface area contributed by atoms with Crippen molar-refractivity contribution in [2.24, 2.45) is 5.10 Å². The standard InChI is InChI=1S/C20H23N3O2/c1-3-25-19-13-11-18(12-14-19)21-15-20(24)23-22-16(2)9-10-17-7-5-4-6-8-17/h4-14,21H,3,15H2,1-2H3,(H,23,24)/b10-9-,22-16+. The number of nitrogens with zero attached hydrogens (tertiary/aromatic N) is 1. The molecule has 130 valence electrons. The lowest BCUT2D eigenvalue weighted by atomic mass is 10.2. The Balaban J connectivity index is 1.76. The third-order valence-electron chi connectivity index (χ3n) is 3.29. The molecule has 1 amide bonds. The van der Waals surface area contributed by atoms with Crippen molar-refractivity contribution in [3.8, 4) is 5.75 Å². The van der Waals surface area contributed by atoms with Crippen molar-refractivity contribution < 1.29 is 9.53 Å². The van der Waals surface area contributed by atoms with E-state index in [1.807, 2.05) is 80.6 Å². The van der Waals surface area contributed by atoms with E-state index in [2.05, 4.69) is 15.8 Å². The van der Waals surface area contributed by atoms with E-state index >= 15 is 0 Å². The topological polar surface area (TPSA) is 62.7 Å². The summed E-state index contributed by atoms with van der Waals surface area (Å²) in [5.41, 5.74) is 5.19. The SMILES string of the molecule is CCOc1ccc(NCC(=O)N/N=C(C)/C=C\c2ccccc2)cc1. The molecule has 0 fully saturated rings. The number of anilines is 1. The molecule has 2 N–H and O–H groups in total. The third-order valence-corrected chi connectivity index (χ3v) is 3.29. The molecule has 0 bridgehead atoms. The molecular formula is C20H23N3O2. The van der Waals surface area contributed by atoms with Crippen LogP contribution in [-0.4, -0.2) is 24.8 Å². The zero-order chi connectivity index (χ0) is 17.9. The van der Waals surface area contributed by atoms with Crippen molar-refractivity contribution in [1.82, 2.24) is 5.43 Å². The largest absolute Gasteiger partial charge is 0.494 e. The summed E-state index contributed by atoms with van der Waals surface area (Å²) in [5, 5.41) is 7.10. The van der Waals surface area contributed by atoms with Crippen LogP contribution >= 0.6 is 0 Å². The predicted molar refractivity (Wildman–Crippen MR) is 103 cm³/mol. The summed E-state index contributed by atoms with van der Waals surface area (Å²) >= 11 is 0. The van der Waals surface area contributed by atoms with Crippen LogP contribution in [0.3, 0.4) is 0 Å². The lowest BCUT2D eigenvalue weighted by molar-refractivity contribution is -0.119. The van der Waals surface area contributed by atoms with E-state index in [1.54, 1.807) is 0 Å². The van der Waals surface area contributed by atoms with Crippen LogP contribution in [0, 0.1) is 0 Å². The van der Waals surface area contributed by atoms with E-state index in [9.17, 15) is 4.79 Å². The first-order valence-corrected chi connectivity index (χ1v) is 8.20. The Morgan fingerprint density at radius 1 is 1.12 bits per heavy atom. The Kier molecular flexibility index (Phi) is 7.25. The van der Waals surface area contributed by atoms with Crippen LogP contribution in [0.1, 0.15) is 19.4 Å². The number of amides is 1. The summed E-state index contributed by atoms with van der Waals surface area (Å²) in [7, 11) is 0. The van der Waals surface area contributed by atoms with Crippen LogP contribution in [-0.2, 0) is 4.79 Å². The average Bonchev–Trinajstić information content (AvgIpc) is 2.65. The highest BCUT2D eigenvalue weighted by Gasteiger charge is 2.00. The maximum absolute atomic E-state index is 11.8. The zero-order valence-electron chi connectivity index (χ0n) is 14.5. The van der Waals surface area contributed by atoms with Crippen LogP contribution in [0.25, 0.3) is 6.08 Å². The van der Waals surface area contributed by atoms with Crippen LogP contribution < -0.4 is 15.5 Å². The van der Waals surface area contributed by atoms with E-state index < -0.39 is 0 Å². The zero-order valence-corrected chi connectivity index (χ0v) is 14.5. The molecular weight excluding hydrogens is 314 g/mol. The van der Waals surface area contributed by atoms with E-state index in [0.29, 0.717) is 6.61 Å². The molecule has 0 atom stereocenters. The van der Waals surface area contributed by atoms with Gasteiger partial charge in [-0.1, -0.05) is 36.4 Å². The fourth-order valence-electron chi connectivity index (χ4n) is 2.03. The molecule has 0 unspecified atom stereocenters. The molecule has 0 aliphatic carbocycles. The Morgan fingerprint density at radius 3 is 2.52 bits per heavy atom. The van der Waals surface area contributed by atoms with Crippen molar-refractivity contribution in [3.05, 3.63) is 66.2 Å². The van der Waals surface area contributed by atoms with E-state index in [4.69, 9.17) is 4.74 Å². The summed E-state index contributed by atoms with van der Waals surface area (Å²) in [6.07, 6.45) is 3.80. The first kappa shape index (κ1) is 18.3. The number of benzene rings is 2. The van der Waals surface area contributed by atoms with Gasteiger partial charge >= 0.3 is 0 Å². The lowest BCUT2D eigenvalue weighted by Gasteiger charge is -2.07. The van der Waals surface area contributed by atoms with Gasteiger partial charge in [-0.15, -0.1) is 0 Å². The Morgan fingerprint density at radius 2 is 1.84 bits per heavy atom. The number of hydrogen-bond donors (Lipinski definition) is 2. The van der Waals surface area contributed by atoms with Crippen molar-refractivity contribution in [2.75, 3.05) is 18.5 Å². The summed E-state index contributed by atoms with van der Waals surface area (Å²) < 4.78 is 5.37. The van der Waals surface area contributed by atoms with Gasteiger partial charge in [-0.25, -0.2) is 5.43 Å². The van der Waals surface area contributed by atoms with Crippen LogP contribution in [0.5, 0.6) is 5.75 Å². The number of hydrazone groups is 1. The van der Waals surface area contributed by atoms with Crippen molar-refractivity contribution in [1.29, 1.82) is 0 Å². The minimum absolute atomic E-state index is 0.146. The molecule has 0 aromatic heterocycles. The molecule has 25 heavy (non-hydrogen) atoms. The fourth-order valence-corrected chi connectivity index (χ4v) is 2.03. The maximum atomic E-state index is 11.8. The summed E-state index contributed by atoms with van der Waals surface area (Å²) in [6, 6.07) is 17.4. The number of allylic oxidation sites excluding steroid dienone is 1. The Hall–Kier alpha value is -3.08. The van der Waals surface area contributed by atoms with Gasteiger partial charge < -0.3 is 10.1 Å². The minimum Gasteiger partial charge on any atom is -0.494 e. The van der Waals surface area contributed by atoms with Crippen molar-refractivity contribution in [3.63, 3.8) is 0 Å². The Bertz CT molecular complexity index is 722. The second kappa shape index (κ2) is 9.93. The molecule has 5 heteroatoms. The van der Waals surface area contributed by atoms with Gasteiger partial charge in [0, 0.05) is 5.69 Å². The monoisotopic (exact) mass is 337 g/mol. The van der Waals surface area contributed by atoms with Gasteiger partial charge in [-0.05, 0) is 49.8 Å². The quantitative estimate of drug-likeness (QED) is 0.570. The summed E-state index contributed by atoms with van der Waals surface area (Å²) in [5.74, 6) is 0.601. The minimum atomic E-state index is -0.207. The third kappa shape index (κ3) is 6.91. The normalized spacial score (nSPS) is 11.4. The number of rotatable bonds is 8. The van der Waals surface area contributed by atoms with E-state index in [-0.39, 0.29) is 12.5 Å². The van der Waals surface area contributed by atoms with Crippen molar-refractivity contribution >= 4 is 23.4 Å². The second-order valence-corrected chi connectivity index (χ2v) is 5.34. The smallest absolute Gasteiger partial charge is 0.259 e. The molecule has 0 heterocycles. The first-order valence-electron chi connectivity index (χ1n) is 8.20. The van der Waals surface area contributed by atoms with Gasteiger partial charge in [0.05, 0.1) is 18.9 Å². The fraction of sp³-hybridized carbons (Fsp3) is 0.200. The molecule has 2 aromatic rings. The van der Waals surface area contributed by atoms with Crippen molar-refractivity contribution in [2.45, 2.75) is 13.8 Å². The number of ether oxygens (including phenoxy) is 1. The molecule has 5 nitrogen and oxygen atoms in total. The predicted octanol–water partition coefficient (Wildman–Crippen LogP) is 3.70. The van der Waals surface area contributed by atoms with Gasteiger partial charge in [0.1, 0.15) is 5.75 Å². The molecule has 0 spiro atoms. The summed E-state index contributed by atoms with van der Waals surface area (Å²) in [4.78, 5) is 11.8.